The maximum absolute atomic E-state index is 11.1. The van der Waals surface area contributed by atoms with E-state index in [2.05, 4.69) is 16.4 Å². The molecule has 1 aliphatic carbocycles. The van der Waals surface area contributed by atoms with Gasteiger partial charge in [0.15, 0.2) is 0 Å². The third-order valence-electron chi connectivity index (χ3n) is 4.59. The zero-order valence-corrected chi connectivity index (χ0v) is 13.0. The van der Waals surface area contributed by atoms with Gasteiger partial charge in [-0.25, -0.2) is 0 Å². The van der Waals surface area contributed by atoms with Gasteiger partial charge in [-0.3, -0.25) is 9.78 Å². The van der Waals surface area contributed by atoms with E-state index in [9.17, 15) is 4.79 Å². The van der Waals surface area contributed by atoms with Crippen LogP contribution in [0.3, 0.4) is 0 Å². The number of pyridine rings is 1. The van der Waals surface area contributed by atoms with Gasteiger partial charge >= 0.3 is 5.97 Å². The fraction of sp³-hybridized carbons (Fsp3) is 0.647. The van der Waals surface area contributed by atoms with Gasteiger partial charge < -0.3 is 10.4 Å². The molecule has 1 heterocycles. The number of rotatable bonds is 6. The molecule has 0 spiro atoms. The van der Waals surface area contributed by atoms with Crippen molar-refractivity contribution in [2.24, 2.45) is 5.41 Å². The topological polar surface area (TPSA) is 62.2 Å². The minimum atomic E-state index is -0.721. The van der Waals surface area contributed by atoms with Crippen LogP contribution in [-0.4, -0.2) is 28.6 Å². The lowest BCUT2D eigenvalue weighted by atomic mass is 9.81. The summed E-state index contributed by atoms with van der Waals surface area (Å²) < 4.78 is 0. The Bertz CT molecular complexity index is 459. The summed E-state index contributed by atoms with van der Waals surface area (Å²) in [5.41, 5.74) is 0.680. The van der Waals surface area contributed by atoms with E-state index in [-0.39, 0.29) is 0 Å². The van der Waals surface area contributed by atoms with E-state index in [1.165, 1.54) is 24.8 Å². The average Bonchev–Trinajstić information content (AvgIpc) is 2.48. The predicted molar refractivity (Wildman–Crippen MR) is 83.3 cm³/mol. The third kappa shape index (κ3) is 4.53. The van der Waals surface area contributed by atoms with Crippen molar-refractivity contribution in [2.45, 2.75) is 57.9 Å². The maximum Gasteiger partial charge on any atom is 0.309 e. The molecule has 0 amide bonds. The first-order valence-corrected chi connectivity index (χ1v) is 7.86. The molecule has 1 aromatic rings. The summed E-state index contributed by atoms with van der Waals surface area (Å²) in [6.07, 6.45) is 9.21. The lowest BCUT2D eigenvalue weighted by Crippen LogP contribution is -2.37. The van der Waals surface area contributed by atoms with Crippen LogP contribution in [0.15, 0.2) is 24.5 Å². The number of nitrogens with zero attached hydrogens (tertiary/aromatic N) is 1. The van der Waals surface area contributed by atoms with Crippen molar-refractivity contribution in [1.82, 2.24) is 10.3 Å². The van der Waals surface area contributed by atoms with Crippen LogP contribution in [0, 0.1) is 5.41 Å². The number of carboxylic acids is 1. The zero-order valence-electron chi connectivity index (χ0n) is 13.0. The average molecular weight is 290 g/mol. The minimum absolute atomic E-state index is 0.494. The second-order valence-electron chi connectivity index (χ2n) is 6.74. The normalized spacial score (nSPS) is 23.0. The van der Waals surface area contributed by atoms with E-state index in [4.69, 9.17) is 5.11 Å². The highest BCUT2D eigenvalue weighted by Gasteiger charge is 2.28. The first kappa shape index (κ1) is 16.0. The number of nitrogens with one attached hydrogen (secondary N) is 1. The predicted octanol–water partition coefficient (Wildman–Crippen LogP) is 3.20. The van der Waals surface area contributed by atoms with Crippen LogP contribution in [0.25, 0.3) is 0 Å². The number of aliphatic carboxylic acids is 1. The van der Waals surface area contributed by atoms with E-state index in [0.29, 0.717) is 18.4 Å². The van der Waals surface area contributed by atoms with E-state index in [0.717, 1.165) is 13.0 Å². The van der Waals surface area contributed by atoms with Crippen molar-refractivity contribution in [1.29, 1.82) is 0 Å². The maximum atomic E-state index is 11.1. The highest BCUT2D eigenvalue weighted by atomic mass is 16.4. The second kappa shape index (κ2) is 7.03. The standard InChI is InChI=1S/C17H26N2O2/c1-17(2,16(20)21)8-10-19-15-7-3-5-13(11-15)14-6-4-9-18-12-14/h4,6,9,12-13,15,19H,3,5,7-8,10-11H2,1-2H3,(H,20,21). The molecule has 4 nitrogen and oxygen atoms in total. The van der Waals surface area contributed by atoms with Crippen molar-refractivity contribution in [3.63, 3.8) is 0 Å². The summed E-state index contributed by atoms with van der Waals surface area (Å²) in [5.74, 6) is -0.140. The molecule has 2 rings (SSSR count). The van der Waals surface area contributed by atoms with Gasteiger partial charge in [-0.05, 0) is 63.6 Å². The van der Waals surface area contributed by atoms with Gasteiger partial charge in [-0.15, -0.1) is 0 Å². The molecule has 0 bridgehead atoms. The molecule has 1 saturated carbocycles. The van der Waals surface area contributed by atoms with Crippen LogP contribution in [-0.2, 0) is 4.79 Å². The van der Waals surface area contributed by atoms with Crippen molar-refractivity contribution in [2.75, 3.05) is 6.54 Å². The van der Waals surface area contributed by atoms with Crippen molar-refractivity contribution < 1.29 is 9.90 Å². The fourth-order valence-corrected chi connectivity index (χ4v) is 2.99. The molecular weight excluding hydrogens is 264 g/mol. The summed E-state index contributed by atoms with van der Waals surface area (Å²) >= 11 is 0. The van der Waals surface area contributed by atoms with Gasteiger partial charge in [0, 0.05) is 18.4 Å². The van der Waals surface area contributed by atoms with Crippen LogP contribution >= 0.6 is 0 Å². The monoisotopic (exact) mass is 290 g/mol. The summed E-state index contributed by atoms with van der Waals surface area (Å²) in [7, 11) is 0. The van der Waals surface area contributed by atoms with E-state index < -0.39 is 11.4 Å². The largest absolute Gasteiger partial charge is 0.481 e. The van der Waals surface area contributed by atoms with E-state index in [1.54, 1.807) is 13.8 Å². The van der Waals surface area contributed by atoms with Crippen LogP contribution in [0.4, 0.5) is 0 Å². The first-order valence-electron chi connectivity index (χ1n) is 7.86. The Morgan fingerprint density at radius 2 is 2.29 bits per heavy atom. The molecule has 0 saturated heterocycles. The number of carboxylic acid groups (broad SMARTS) is 1. The quantitative estimate of drug-likeness (QED) is 0.844. The molecule has 1 fully saturated rings. The zero-order chi connectivity index (χ0) is 15.3. The fourth-order valence-electron chi connectivity index (χ4n) is 2.99. The minimum Gasteiger partial charge on any atom is -0.481 e. The van der Waals surface area contributed by atoms with Gasteiger partial charge in [0.05, 0.1) is 5.41 Å². The number of aromatic nitrogens is 1. The van der Waals surface area contributed by atoms with Crippen LogP contribution < -0.4 is 5.32 Å². The SMILES string of the molecule is CC(C)(CCNC1CCCC(c2cccnc2)C1)C(=O)O. The Morgan fingerprint density at radius 1 is 1.48 bits per heavy atom. The lowest BCUT2D eigenvalue weighted by molar-refractivity contribution is -0.147. The summed E-state index contributed by atoms with van der Waals surface area (Å²) in [6, 6.07) is 4.66. The second-order valence-corrected chi connectivity index (χ2v) is 6.74. The van der Waals surface area contributed by atoms with Crippen molar-refractivity contribution in [3.8, 4) is 0 Å². The van der Waals surface area contributed by atoms with Crippen LogP contribution in [0.5, 0.6) is 0 Å². The van der Waals surface area contributed by atoms with Crippen molar-refractivity contribution >= 4 is 5.97 Å². The molecule has 0 radical (unpaired) electrons. The number of hydrogen-bond donors (Lipinski definition) is 2. The van der Waals surface area contributed by atoms with E-state index in [1.807, 2.05) is 18.5 Å². The molecule has 1 aliphatic rings. The third-order valence-corrected chi connectivity index (χ3v) is 4.59. The Balaban J connectivity index is 1.81. The Labute approximate surface area is 127 Å². The molecule has 1 aromatic heterocycles. The van der Waals surface area contributed by atoms with Crippen molar-refractivity contribution in [3.05, 3.63) is 30.1 Å². The smallest absolute Gasteiger partial charge is 0.309 e. The molecule has 21 heavy (non-hydrogen) atoms. The highest BCUT2D eigenvalue weighted by Crippen LogP contribution is 2.32. The Hall–Kier alpha value is -1.42. The van der Waals surface area contributed by atoms with E-state index >= 15 is 0 Å². The highest BCUT2D eigenvalue weighted by molar-refractivity contribution is 5.73. The molecule has 2 N–H and O–H groups in total. The molecule has 4 heteroatoms. The van der Waals surface area contributed by atoms with Gasteiger partial charge in [0.2, 0.25) is 0 Å². The molecule has 2 unspecified atom stereocenters. The summed E-state index contributed by atoms with van der Waals surface area (Å²) in [6.45, 7) is 4.34. The first-order chi connectivity index (χ1) is 9.99. The van der Waals surface area contributed by atoms with Gasteiger partial charge in [0.25, 0.3) is 0 Å². The Kier molecular flexibility index (Phi) is 5.34. The van der Waals surface area contributed by atoms with Crippen LogP contribution in [0.1, 0.15) is 57.4 Å². The lowest BCUT2D eigenvalue weighted by Gasteiger charge is -2.31. The molecule has 116 valence electrons. The van der Waals surface area contributed by atoms with Crippen LogP contribution in [0.2, 0.25) is 0 Å². The van der Waals surface area contributed by atoms with Gasteiger partial charge in [-0.1, -0.05) is 12.5 Å². The number of hydrogen-bond acceptors (Lipinski definition) is 3. The Morgan fingerprint density at radius 3 is 2.95 bits per heavy atom. The number of carbonyl (C=O) groups is 1. The molecule has 0 aliphatic heterocycles. The molecule has 0 aromatic carbocycles. The molecule has 2 atom stereocenters. The molecular formula is C17H26N2O2. The summed E-state index contributed by atoms with van der Waals surface area (Å²) in [4.78, 5) is 15.3. The van der Waals surface area contributed by atoms with Gasteiger partial charge in [-0.2, -0.15) is 0 Å². The summed E-state index contributed by atoms with van der Waals surface area (Å²) in [5, 5.41) is 12.7. The van der Waals surface area contributed by atoms with Gasteiger partial charge in [0.1, 0.15) is 0 Å².